The number of morpholine rings is 1. The average Bonchev–Trinajstić information content (AvgIpc) is 3.17. The Kier molecular flexibility index (Phi) is 5.11. The first-order chi connectivity index (χ1) is 11.8. The molecule has 0 aromatic rings. The molecule has 24 heavy (non-hydrogen) atoms. The standard InChI is InChI=1S/C19H32N2O3/c22-18(16-3-1-2-4-16)21-8-6-19(7-9-21)15-17(5-12-24-19)20-10-13-23-14-11-20/h16-17H,1-15H2. The van der Waals surface area contributed by atoms with E-state index < -0.39 is 0 Å². The lowest BCUT2D eigenvalue weighted by Gasteiger charge is -2.49. The molecule has 4 rings (SSSR count). The van der Waals surface area contributed by atoms with Crippen molar-refractivity contribution in [2.45, 2.75) is 63.0 Å². The molecule has 5 nitrogen and oxygen atoms in total. The first-order valence-corrected chi connectivity index (χ1v) is 10.0. The summed E-state index contributed by atoms with van der Waals surface area (Å²) in [6, 6.07) is 0.639. The maximum absolute atomic E-state index is 12.6. The van der Waals surface area contributed by atoms with Crippen LogP contribution in [0.3, 0.4) is 0 Å². The van der Waals surface area contributed by atoms with E-state index in [1.54, 1.807) is 0 Å². The Morgan fingerprint density at radius 2 is 1.62 bits per heavy atom. The van der Waals surface area contributed by atoms with Crippen LogP contribution < -0.4 is 0 Å². The van der Waals surface area contributed by atoms with Gasteiger partial charge in [-0.15, -0.1) is 0 Å². The smallest absolute Gasteiger partial charge is 0.225 e. The van der Waals surface area contributed by atoms with Crippen LogP contribution in [0.25, 0.3) is 0 Å². The molecule has 3 heterocycles. The summed E-state index contributed by atoms with van der Waals surface area (Å²) in [6.45, 7) is 6.52. The fraction of sp³-hybridized carbons (Fsp3) is 0.947. The van der Waals surface area contributed by atoms with Crippen LogP contribution in [0.1, 0.15) is 51.4 Å². The molecule has 1 saturated carbocycles. The SMILES string of the molecule is O=C(C1CCCC1)N1CCC2(CC1)CC(N1CCOCC1)CCO2. The lowest BCUT2D eigenvalue weighted by atomic mass is 9.81. The maximum Gasteiger partial charge on any atom is 0.225 e. The van der Waals surface area contributed by atoms with Crippen LogP contribution in [-0.2, 0) is 14.3 Å². The number of amides is 1. The van der Waals surface area contributed by atoms with Gasteiger partial charge in [-0.3, -0.25) is 9.69 Å². The highest BCUT2D eigenvalue weighted by atomic mass is 16.5. The topological polar surface area (TPSA) is 42.0 Å². The number of likely N-dealkylation sites (tertiary alicyclic amines) is 1. The molecule has 136 valence electrons. The number of carbonyl (C=O) groups excluding carboxylic acids is 1. The highest BCUT2D eigenvalue weighted by Crippen LogP contribution is 2.38. The summed E-state index contributed by atoms with van der Waals surface area (Å²) in [5.74, 6) is 0.732. The van der Waals surface area contributed by atoms with Gasteiger partial charge in [0.25, 0.3) is 0 Å². The predicted molar refractivity (Wildman–Crippen MR) is 91.9 cm³/mol. The third kappa shape index (κ3) is 3.49. The molecule has 5 heteroatoms. The van der Waals surface area contributed by atoms with Gasteiger partial charge in [0.2, 0.25) is 5.91 Å². The number of rotatable bonds is 2. The maximum atomic E-state index is 12.6. The third-order valence-electron chi connectivity index (χ3n) is 6.72. The molecule has 1 spiro atoms. The van der Waals surface area contributed by atoms with Crippen LogP contribution in [0, 0.1) is 5.92 Å². The van der Waals surface area contributed by atoms with Crippen LogP contribution in [0.2, 0.25) is 0 Å². The van der Waals surface area contributed by atoms with Gasteiger partial charge in [-0.1, -0.05) is 12.8 Å². The number of hydrogen-bond donors (Lipinski definition) is 0. The minimum atomic E-state index is 0.0215. The van der Waals surface area contributed by atoms with Crippen molar-refractivity contribution in [3.63, 3.8) is 0 Å². The Hall–Kier alpha value is -0.650. The second-order valence-corrected chi connectivity index (χ2v) is 8.13. The van der Waals surface area contributed by atoms with E-state index in [9.17, 15) is 4.79 Å². The summed E-state index contributed by atoms with van der Waals surface area (Å²) in [7, 11) is 0. The zero-order valence-corrected chi connectivity index (χ0v) is 14.9. The van der Waals surface area contributed by atoms with Crippen LogP contribution in [0.4, 0.5) is 0 Å². The second kappa shape index (κ2) is 7.30. The molecule has 0 aromatic carbocycles. The Morgan fingerprint density at radius 1 is 0.917 bits per heavy atom. The largest absolute Gasteiger partial charge is 0.379 e. The normalized spacial score (nSPS) is 32.3. The second-order valence-electron chi connectivity index (χ2n) is 8.13. The van der Waals surface area contributed by atoms with E-state index in [2.05, 4.69) is 9.80 Å². The molecule has 1 atom stereocenters. The van der Waals surface area contributed by atoms with Gasteiger partial charge in [-0.05, 0) is 38.5 Å². The molecule has 4 aliphatic rings. The Labute approximate surface area is 145 Å². The van der Waals surface area contributed by atoms with E-state index in [1.807, 2.05) is 0 Å². The van der Waals surface area contributed by atoms with E-state index >= 15 is 0 Å². The van der Waals surface area contributed by atoms with Crippen LogP contribution >= 0.6 is 0 Å². The molecule has 1 unspecified atom stereocenters. The van der Waals surface area contributed by atoms with Crippen LogP contribution in [0.5, 0.6) is 0 Å². The van der Waals surface area contributed by atoms with Gasteiger partial charge >= 0.3 is 0 Å². The minimum absolute atomic E-state index is 0.0215. The monoisotopic (exact) mass is 336 g/mol. The van der Waals surface area contributed by atoms with Gasteiger partial charge in [0.1, 0.15) is 0 Å². The lowest BCUT2D eigenvalue weighted by Crippen LogP contribution is -2.56. The van der Waals surface area contributed by atoms with Gasteiger partial charge in [0.15, 0.2) is 0 Å². The molecule has 0 bridgehead atoms. The average molecular weight is 336 g/mol. The first kappa shape index (κ1) is 16.8. The minimum Gasteiger partial charge on any atom is -0.379 e. The molecule has 3 saturated heterocycles. The zero-order valence-electron chi connectivity index (χ0n) is 14.9. The molecule has 0 radical (unpaired) electrons. The van der Waals surface area contributed by atoms with Gasteiger partial charge in [-0.25, -0.2) is 0 Å². The molecule has 1 aliphatic carbocycles. The molecular weight excluding hydrogens is 304 g/mol. The first-order valence-electron chi connectivity index (χ1n) is 10.0. The van der Waals surface area contributed by atoms with Crippen molar-refractivity contribution in [2.75, 3.05) is 46.0 Å². The van der Waals surface area contributed by atoms with Crippen LogP contribution in [-0.4, -0.2) is 73.3 Å². The summed E-state index contributed by atoms with van der Waals surface area (Å²) < 4.78 is 11.8. The number of ether oxygens (including phenoxy) is 2. The highest BCUT2D eigenvalue weighted by Gasteiger charge is 2.43. The Bertz CT molecular complexity index is 436. The number of carbonyl (C=O) groups is 1. The number of hydrogen-bond acceptors (Lipinski definition) is 4. The van der Waals surface area contributed by atoms with Crippen molar-refractivity contribution in [2.24, 2.45) is 5.92 Å². The van der Waals surface area contributed by atoms with Crippen molar-refractivity contribution < 1.29 is 14.3 Å². The fourth-order valence-electron chi connectivity index (χ4n) is 5.17. The van der Waals surface area contributed by atoms with Gasteiger partial charge < -0.3 is 14.4 Å². The van der Waals surface area contributed by atoms with Crippen molar-refractivity contribution in [1.82, 2.24) is 9.80 Å². The van der Waals surface area contributed by atoms with Gasteiger partial charge in [-0.2, -0.15) is 0 Å². The number of piperidine rings is 1. The lowest BCUT2D eigenvalue weighted by molar-refractivity contribution is -0.154. The van der Waals surface area contributed by atoms with E-state index in [1.165, 1.54) is 12.8 Å². The summed E-state index contributed by atoms with van der Waals surface area (Å²) in [5, 5.41) is 0. The summed E-state index contributed by atoms with van der Waals surface area (Å²) in [5.41, 5.74) is 0.0215. The molecule has 4 fully saturated rings. The predicted octanol–water partition coefficient (Wildman–Crippen LogP) is 2.05. The summed E-state index contributed by atoms with van der Waals surface area (Å²) >= 11 is 0. The Morgan fingerprint density at radius 3 is 2.33 bits per heavy atom. The van der Waals surface area contributed by atoms with E-state index in [4.69, 9.17) is 9.47 Å². The van der Waals surface area contributed by atoms with Crippen molar-refractivity contribution in [3.8, 4) is 0 Å². The Balaban J connectivity index is 1.32. The molecule has 3 aliphatic heterocycles. The van der Waals surface area contributed by atoms with Crippen molar-refractivity contribution in [3.05, 3.63) is 0 Å². The van der Waals surface area contributed by atoms with E-state index in [0.29, 0.717) is 17.9 Å². The molecule has 1 amide bonds. The molecule has 0 N–H and O–H groups in total. The summed E-state index contributed by atoms with van der Waals surface area (Å²) in [6.07, 6.45) is 9.01. The zero-order chi connectivity index (χ0) is 16.4. The molecular formula is C19H32N2O3. The van der Waals surface area contributed by atoms with E-state index in [-0.39, 0.29) is 5.60 Å². The van der Waals surface area contributed by atoms with Crippen LogP contribution in [0.15, 0.2) is 0 Å². The van der Waals surface area contributed by atoms with Crippen molar-refractivity contribution in [1.29, 1.82) is 0 Å². The van der Waals surface area contributed by atoms with Crippen molar-refractivity contribution >= 4 is 5.91 Å². The van der Waals surface area contributed by atoms with Gasteiger partial charge in [0, 0.05) is 44.7 Å². The number of nitrogens with zero attached hydrogens (tertiary/aromatic N) is 2. The summed E-state index contributed by atoms with van der Waals surface area (Å²) in [4.78, 5) is 17.4. The van der Waals surface area contributed by atoms with E-state index in [0.717, 1.165) is 84.5 Å². The fourth-order valence-corrected chi connectivity index (χ4v) is 5.17. The quantitative estimate of drug-likeness (QED) is 0.774. The molecule has 0 aromatic heterocycles. The highest BCUT2D eigenvalue weighted by molar-refractivity contribution is 5.79. The van der Waals surface area contributed by atoms with Gasteiger partial charge in [0.05, 0.1) is 18.8 Å². The third-order valence-corrected chi connectivity index (χ3v) is 6.72.